The molecule has 0 saturated carbocycles. The Morgan fingerprint density at radius 2 is 2.14 bits per heavy atom. The van der Waals surface area contributed by atoms with Gasteiger partial charge in [-0.2, -0.15) is 5.26 Å². The lowest BCUT2D eigenvalue weighted by Gasteiger charge is -1.99. The van der Waals surface area contributed by atoms with Crippen LogP contribution >= 0.6 is 0 Å². The maximum absolute atomic E-state index is 13.2. The quantitative estimate of drug-likeness (QED) is 0.698. The van der Waals surface area contributed by atoms with Crippen molar-refractivity contribution in [3.8, 4) is 6.07 Å². The summed E-state index contributed by atoms with van der Waals surface area (Å²) >= 11 is 0. The van der Waals surface area contributed by atoms with Crippen LogP contribution in [0.25, 0.3) is 11.0 Å². The van der Waals surface area contributed by atoms with Crippen molar-refractivity contribution in [3.63, 3.8) is 0 Å². The molecule has 1 heterocycles. The SMILES string of the molecule is N#CCc1c(F)cc(F)c2ccoc12. The van der Waals surface area contributed by atoms with Crippen LogP contribution in [0.15, 0.2) is 22.8 Å². The molecule has 0 atom stereocenters. The first-order chi connectivity index (χ1) is 6.74. The second-order valence-electron chi connectivity index (χ2n) is 2.82. The Kier molecular flexibility index (Phi) is 1.93. The number of rotatable bonds is 1. The average Bonchev–Trinajstić information content (AvgIpc) is 2.60. The lowest BCUT2D eigenvalue weighted by atomic mass is 10.1. The van der Waals surface area contributed by atoms with Crippen LogP contribution < -0.4 is 0 Å². The zero-order valence-corrected chi connectivity index (χ0v) is 7.05. The van der Waals surface area contributed by atoms with Gasteiger partial charge in [-0.3, -0.25) is 0 Å². The molecule has 70 valence electrons. The standard InChI is InChI=1S/C10H5F2NO/c11-8-5-9(12)7-2-4-14-10(7)6(8)1-3-13/h2,4-5H,1H2. The third-order valence-corrected chi connectivity index (χ3v) is 1.99. The molecule has 0 amide bonds. The minimum atomic E-state index is -0.744. The van der Waals surface area contributed by atoms with E-state index in [2.05, 4.69) is 0 Å². The second-order valence-corrected chi connectivity index (χ2v) is 2.82. The van der Waals surface area contributed by atoms with Crippen molar-refractivity contribution in [1.82, 2.24) is 0 Å². The normalized spacial score (nSPS) is 10.4. The molecule has 2 rings (SSSR count). The Morgan fingerprint density at radius 3 is 2.86 bits per heavy atom. The van der Waals surface area contributed by atoms with Crippen LogP contribution in [0.4, 0.5) is 8.78 Å². The van der Waals surface area contributed by atoms with Crippen molar-refractivity contribution in [2.75, 3.05) is 0 Å². The first kappa shape index (κ1) is 8.70. The predicted molar refractivity (Wildman–Crippen MR) is 45.4 cm³/mol. The summed E-state index contributed by atoms with van der Waals surface area (Å²) in [6.45, 7) is 0. The van der Waals surface area contributed by atoms with Crippen molar-refractivity contribution in [3.05, 3.63) is 35.6 Å². The van der Waals surface area contributed by atoms with E-state index in [1.807, 2.05) is 0 Å². The fraction of sp³-hybridized carbons (Fsp3) is 0.100. The maximum Gasteiger partial charge on any atom is 0.143 e. The molecular weight excluding hydrogens is 188 g/mol. The number of fused-ring (bicyclic) bond motifs is 1. The summed E-state index contributed by atoms with van der Waals surface area (Å²) in [4.78, 5) is 0. The molecule has 0 radical (unpaired) electrons. The molecule has 4 heteroatoms. The van der Waals surface area contributed by atoms with Gasteiger partial charge in [0.05, 0.1) is 24.1 Å². The smallest absolute Gasteiger partial charge is 0.143 e. The van der Waals surface area contributed by atoms with Gasteiger partial charge in [-0.05, 0) is 6.07 Å². The Bertz CT molecular complexity index is 525. The summed E-state index contributed by atoms with van der Waals surface area (Å²) < 4.78 is 31.2. The molecular formula is C10H5F2NO. The van der Waals surface area contributed by atoms with Gasteiger partial charge >= 0.3 is 0 Å². The van der Waals surface area contributed by atoms with E-state index in [0.29, 0.717) is 0 Å². The number of halogens is 2. The lowest BCUT2D eigenvalue weighted by molar-refractivity contribution is 0.567. The largest absolute Gasteiger partial charge is 0.464 e. The number of hydrogen-bond donors (Lipinski definition) is 0. The highest BCUT2D eigenvalue weighted by atomic mass is 19.1. The highest BCUT2D eigenvalue weighted by Gasteiger charge is 2.14. The molecule has 0 aliphatic heterocycles. The van der Waals surface area contributed by atoms with Gasteiger partial charge in [-0.15, -0.1) is 0 Å². The van der Waals surface area contributed by atoms with E-state index in [1.165, 1.54) is 12.3 Å². The molecule has 1 aromatic heterocycles. The first-order valence-electron chi connectivity index (χ1n) is 3.95. The average molecular weight is 193 g/mol. The van der Waals surface area contributed by atoms with Crippen molar-refractivity contribution in [2.24, 2.45) is 0 Å². The molecule has 14 heavy (non-hydrogen) atoms. The van der Waals surface area contributed by atoms with Gasteiger partial charge in [-0.1, -0.05) is 0 Å². The molecule has 0 fully saturated rings. The van der Waals surface area contributed by atoms with E-state index in [1.54, 1.807) is 6.07 Å². The van der Waals surface area contributed by atoms with Crippen molar-refractivity contribution >= 4 is 11.0 Å². The molecule has 0 aliphatic carbocycles. The van der Waals surface area contributed by atoms with Crippen LogP contribution in [0, 0.1) is 23.0 Å². The summed E-state index contributed by atoms with van der Waals surface area (Å²) in [5, 5.41) is 8.66. The Labute approximate surface area is 78.4 Å². The molecule has 0 bridgehead atoms. The van der Waals surface area contributed by atoms with Gasteiger partial charge in [-0.25, -0.2) is 8.78 Å². The fourth-order valence-corrected chi connectivity index (χ4v) is 1.36. The van der Waals surface area contributed by atoms with Crippen LogP contribution in [-0.2, 0) is 6.42 Å². The van der Waals surface area contributed by atoms with E-state index in [4.69, 9.17) is 9.68 Å². The Balaban J connectivity index is 2.81. The maximum atomic E-state index is 13.2. The van der Waals surface area contributed by atoms with Crippen LogP contribution in [0.3, 0.4) is 0 Å². The highest BCUT2D eigenvalue weighted by molar-refractivity contribution is 5.81. The van der Waals surface area contributed by atoms with E-state index in [-0.39, 0.29) is 23.0 Å². The van der Waals surface area contributed by atoms with Crippen LogP contribution in [0.2, 0.25) is 0 Å². The monoisotopic (exact) mass is 193 g/mol. The van der Waals surface area contributed by atoms with Crippen molar-refractivity contribution in [1.29, 1.82) is 5.26 Å². The third kappa shape index (κ3) is 1.14. The molecule has 2 aromatic rings. The number of hydrogen-bond acceptors (Lipinski definition) is 2. The van der Waals surface area contributed by atoms with E-state index in [0.717, 1.165) is 6.07 Å². The van der Waals surface area contributed by atoms with Gasteiger partial charge in [0, 0.05) is 11.6 Å². The molecule has 0 N–H and O–H groups in total. The fourth-order valence-electron chi connectivity index (χ4n) is 1.36. The van der Waals surface area contributed by atoms with Crippen LogP contribution in [0.5, 0.6) is 0 Å². The van der Waals surface area contributed by atoms with E-state index < -0.39 is 11.6 Å². The molecule has 1 aromatic carbocycles. The second kappa shape index (κ2) is 3.11. The number of benzene rings is 1. The zero-order valence-electron chi connectivity index (χ0n) is 7.05. The molecule has 0 spiro atoms. The Hall–Kier alpha value is -1.89. The van der Waals surface area contributed by atoms with Crippen molar-refractivity contribution < 1.29 is 13.2 Å². The summed E-state index contributed by atoms with van der Waals surface area (Å²) in [7, 11) is 0. The first-order valence-corrected chi connectivity index (χ1v) is 3.95. The number of furan rings is 1. The molecule has 0 aliphatic rings. The molecule has 0 unspecified atom stereocenters. The topological polar surface area (TPSA) is 36.9 Å². The lowest BCUT2D eigenvalue weighted by Crippen LogP contribution is -1.91. The summed E-state index contributed by atoms with van der Waals surface area (Å²) in [6, 6.07) is 3.98. The minimum absolute atomic E-state index is 0.105. The van der Waals surface area contributed by atoms with Crippen LogP contribution in [-0.4, -0.2) is 0 Å². The number of nitrogens with zero attached hydrogens (tertiary/aromatic N) is 1. The number of nitriles is 1. The van der Waals surface area contributed by atoms with E-state index in [9.17, 15) is 8.78 Å². The van der Waals surface area contributed by atoms with Crippen molar-refractivity contribution in [2.45, 2.75) is 6.42 Å². The van der Waals surface area contributed by atoms with Gasteiger partial charge in [0.2, 0.25) is 0 Å². The summed E-state index contributed by atoms with van der Waals surface area (Å²) in [5.41, 5.74) is 0.220. The predicted octanol–water partition coefficient (Wildman–Crippen LogP) is 2.78. The van der Waals surface area contributed by atoms with Gasteiger partial charge in [0.1, 0.15) is 17.2 Å². The van der Waals surface area contributed by atoms with Gasteiger partial charge in [0.25, 0.3) is 0 Å². The minimum Gasteiger partial charge on any atom is -0.464 e. The highest BCUT2D eigenvalue weighted by Crippen LogP contribution is 2.25. The zero-order chi connectivity index (χ0) is 10.1. The molecule has 2 nitrogen and oxygen atoms in total. The van der Waals surface area contributed by atoms with Gasteiger partial charge < -0.3 is 4.42 Å². The van der Waals surface area contributed by atoms with Gasteiger partial charge in [0.15, 0.2) is 0 Å². The van der Waals surface area contributed by atoms with Crippen LogP contribution in [0.1, 0.15) is 5.56 Å². The van der Waals surface area contributed by atoms with E-state index >= 15 is 0 Å². The summed E-state index contributed by atoms with van der Waals surface area (Å²) in [5.74, 6) is -1.42. The Morgan fingerprint density at radius 1 is 1.36 bits per heavy atom. The summed E-state index contributed by atoms with van der Waals surface area (Å²) in [6.07, 6.45) is 1.14. The molecule has 0 saturated heterocycles. The third-order valence-electron chi connectivity index (χ3n) is 1.99.